The maximum atomic E-state index is 12.6. The molecule has 2 unspecified atom stereocenters. The van der Waals surface area contributed by atoms with E-state index in [9.17, 15) is 19.2 Å². The van der Waals surface area contributed by atoms with Crippen molar-refractivity contribution in [2.75, 3.05) is 11.4 Å². The fourth-order valence-electron chi connectivity index (χ4n) is 3.65. The van der Waals surface area contributed by atoms with Crippen molar-refractivity contribution in [3.05, 3.63) is 62.4 Å². The average Bonchev–Trinajstić information content (AvgIpc) is 3.14. The van der Waals surface area contributed by atoms with E-state index in [1.807, 2.05) is 24.3 Å². The van der Waals surface area contributed by atoms with E-state index in [2.05, 4.69) is 13.8 Å². The van der Waals surface area contributed by atoms with Crippen molar-refractivity contribution in [2.24, 2.45) is 20.0 Å². The number of hydrogen-bond donors (Lipinski definition) is 0. The number of carbonyl (C=O) groups excluding carboxylic acids is 2. The largest absolute Gasteiger partial charge is 0.459 e. The second-order valence-corrected chi connectivity index (χ2v) is 7.76. The van der Waals surface area contributed by atoms with Gasteiger partial charge in [-0.15, -0.1) is 0 Å². The number of esters is 1. The molecule has 8 nitrogen and oxygen atoms in total. The normalized spacial score (nSPS) is 17.3. The molecule has 0 aliphatic carbocycles. The molecular formula is C22H27N3O5. The van der Waals surface area contributed by atoms with Crippen LogP contribution in [-0.4, -0.2) is 27.6 Å². The summed E-state index contributed by atoms with van der Waals surface area (Å²) in [5.41, 5.74) is 1.27. The van der Waals surface area contributed by atoms with E-state index in [4.69, 9.17) is 4.74 Å². The number of anilines is 1. The van der Waals surface area contributed by atoms with Crippen molar-refractivity contribution in [1.82, 2.24) is 9.13 Å². The number of ether oxygens (including phenoxy) is 1. The first-order valence-electron chi connectivity index (χ1n) is 10.1. The first-order valence-corrected chi connectivity index (χ1v) is 10.1. The van der Waals surface area contributed by atoms with Crippen LogP contribution in [0.1, 0.15) is 43.9 Å². The predicted octanol–water partition coefficient (Wildman–Crippen LogP) is 1.69. The number of benzene rings is 1. The molecule has 3 rings (SSSR count). The summed E-state index contributed by atoms with van der Waals surface area (Å²) in [4.78, 5) is 50.7. The van der Waals surface area contributed by atoms with Crippen molar-refractivity contribution >= 4 is 17.6 Å². The van der Waals surface area contributed by atoms with Crippen LogP contribution in [0.15, 0.2) is 39.9 Å². The molecule has 1 aromatic carbocycles. The molecule has 0 N–H and O–H groups in total. The average molecular weight is 413 g/mol. The number of rotatable bonds is 6. The van der Waals surface area contributed by atoms with Crippen LogP contribution in [0.4, 0.5) is 5.69 Å². The summed E-state index contributed by atoms with van der Waals surface area (Å²) >= 11 is 0. The minimum Gasteiger partial charge on any atom is -0.459 e. The standard InChI is InChI=1S/C22H27N3O5/c1-5-14(2)17-8-6-7-9-18(17)25-12-15(10-20(25)27)21(28)30-13-16-11-19(26)24(4)22(29)23(16)3/h6-9,11,14-15H,5,10,12-13H2,1-4H3. The SMILES string of the molecule is CCC(C)c1ccccc1N1CC(C(=O)OCc2cc(=O)n(C)c(=O)n2C)CC1=O. The Morgan fingerprint density at radius 2 is 1.87 bits per heavy atom. The Balaban J connectivity index is 1.73. The summed E-state index contributed by atoms with van der Waals surface area (Å²) in [6.45, 7) is 4.26. The summed E-state index contributed by atoms with van der Waals surface area (Å²) in [5, 5.41) is 0. The Morgan fingerprint density at radius 3 is 2.57 bits per heavy atom. The van der Waals surface area contributed by atoms with Crippen molar-refractivity contribution in [3.63, 3.8) is 0 Å². The molecule has 0 saturated carbocycles. The van der Waals surface area contributed by atoms with Gasteiger partial charge in [-0.1, -0.05) is 32.0 Å². The maximum absolute atomic E-state index is 12.6. The van der Waals surface area contributed by atoms with E-state index in [1.54, 1.807) is 4.90 Å². The van der Waals surface area contributed by atoms with Crippen molar-refractivity contribution < 1.29 is 14.3 Å². The first-order chi connectivity index (χ1) is 14.2. The molecule has 1 aromatic heterocycles. The third-order valence-electron chi connectivity index (χ3n) is 5.82. The molecule has 30 heavy (non-hydrogen) atoms. The molecule has 1 saturated heterocycles. The van der Waals surface area contributed by atoms with Gasteiger partial charge in [0, 0.05) is 38.8 Å². The molecule has 0 radical (unpaired) electrons. The van der Waals surface area contributed by atoms with Gasteiger partial charge in [0.15, 0.2) is 0 Å². The molecule has 8 heteroatoms. The van der Waals surface area contributed by atoms with Crippen LogP contribution in [-0.2, 0) is 35.0 Å². The Kier molecular flexibility index (Phi) is 6.24. The molecule has 0 bridgehead atoms. The lowest BCUT2D eigenvalue weighted by Gasteiger charge is -2.23. The van der Waals surface area contributed by atoms with Crippen LogP contribution >= 0.6 is 0 Å². The molecule has 2 heterocycles. The van der Waals surface area contributed by atoms with Crippen LogP contribution in [0.5, 0.6) is 0 Å². The molecule has 1 fully saturated rings. The van der Waals surface area contributed by atoms with Gasteiger partial charge in [-0.2, -0.15) is 0 Å². The highest BCUT2D eigenvalue weighted by atomic mass is 16.5. The van der Waals surface area contributed by atoms with E-state index < -0.39 is 23.1 Å². The number of carbonyl (C=O) groups is 2. The zero-order valence-corrected chi connectivity index (χ0v) is 17.8. The van der Waals surface area contributed by atoms with Gasteiger partial charge in [-0.25, -0.2) is 4.79 Å². The lowest BCUT2D eigenvalue weighted by molar-refractivity contribution is -0.149. The van der Waals surface area contributed by atoms with Gasteiger partial charge in [0.05, 0.1) is 11.6 Å². The smallest absolute Gasteiger partial charge is 0.330 e. The van der Waals surface area contributed by atoms with E-state index in [0.717, 1.165) is 22.2 Å². The molecular weight excluding hydrogens is 386 g/mol. The van der Waals surface area contributed by atoms with Crippen LogP contribution in [0.25, 0.3) is 0 Å². The van der Waals surface area contributed by atoms with Crippen LogP contribution in [0, 0.1) is 5.92 Å². The lowest BCUT2D eigenvalue weighted by atomic mass is 9.96. The Morgan fingerprint density at radius 1 is 1.17 bits per heavy atom. The number of aromatic nitrogens is 2. The topological polar surface area (TPSA) is 90.6 Å². The summed E-state index contributed by atoms with van der Waals surface area (Å²) in [5.74, 6) is -0.929. The van der Waals surface area contributed by atoms with Crippen LogP contribution in [0.3, 0.4) is 0 Å². The van der Waals surface area contributed by atoms with Crippen molar-refractivity contribution in [3.8, 4) is 0 Å². The Bertz CT molecular complexity index is 1080. The molecule has 2 atom stereocenters. The zero-order chi connectivity index (χ0) is 22.0. The first kappa shape index (κ1) is 21.5. The number of hydrogen-bond acceptors (Lipinski definition) is 5. The quantitative estimate of drug-likeness (QED) is 0.673. The molecule has 0 spiro atoms. The Hall–Kier alpha value is -3.16. The van der Waals surface area contributed by atoms with Gasteiger partial charge < -0.3 is 9.64 Å². The second kappa shape index (κ2) is 8.69. The minimum absolute atomic E-state index is 0.0726. The summed E-state index contributed by atoms with van der Waals surface area (Å²) in [6, 6.07) is 9.02. The number of para-hydroxylation sites is 1. The van der Waals surface area contributed by atoms with E-state index in [-0.39, 0.29) is 25.5 Å². The number of nitrogens with zero attached hydrogens (tertiary/aromatic N) is 3. The van der Waals surface area contributed by atoms with Crippen LogP contribution in [0.2, 0.25) is 0 Å². The molecule has 160 valence electrons. The van der Waals surface area contributed by atoms with Gasteiger partial charge in [-0.3, -0.25) is 23.5 Å². The third-order valence-corrected chi connectivity index (χ3v) is 5.82. The van der Waals surface area contributed by atoms with E-state index in [0.29, 0.717) is 11.6 Å². The Labute approximate surface area is 174 Å². The van der Waals surface area contributed by atoms with Crippen molar-refractivity contribution in [2.45, 2.75) is 39.2 Å². The van der Waals surface area contributed by atoms with Gasteiger partial charge >= 0.3 is 11.7 Å². The predicted molar refractivity (Wildman–Crippen MR) is 112 cm³/mol. The monoisotopic (exact) mass is 413 g/mol. The van der Waals surface area contributed by atoms with Crippen molar-refractivity contribution in [1.29, 1.82) is 0 Å². The lowest BCUT2D eigenvalue weighted by Crippen LogP contribution is -2.38. The summed E-state index contributed by atoms with van der Waals surface area (Å²) < 4.78 is 7.60. The van der Waals surface area contributed by atoms with Gasteiger partial charge in [0.2, 0.25) is 5.91 Å². The van der Waals surface area contributed by atoms with Gasteiger partial charge in [0.25, 0.3) is 5.56 Å². The fourth-order valence-corrected chi connectivity index (χ4v) is 3.65. The second-order valence-electron chi connectivity index (χ2n) is 7.76. The zero-order valence-electron chi connectivity index (χ0n) is 17.8. The fraction of sp³-hybridized carbons (Fsp3) is 0.455. The van der Waals surface area contributed by atoms with E-state index >= 15 is 0 Å². The summed E-state index contributed by atoms with van der Waals surface area (Å²) in [7, 11) is 2.90. The highest BCUT2D eigenvalue weighted by Gasteiger charge is 2.37. The highest BCUT2D eigenvalue weighted by molar-refractivity contribution is 6.00. The van der Waals surface area contributed by atoms with Gasteiger partial charge in [0.1, 0.15) is 6.61 Å². The minimum atomic E-state index is -0.592. The third kappa shape index (κ3) is 4.08. The molecule has 1 aliphatic heterocycles. The molecule has 2 aromatic rings. The van der Waals surface area contributed by atoms with Gasteiger partial charge in [-0.05, 0) is 24.0 Å². The summed E-state index contributed by atoms with van der Waals surface area (Å²) in [6.07, 6.45) is 1.02. The van der Waals surface area contributed by atoms with E-state index in [1.165, 1.54) is 24.7 Å². The number of amides is 1. The highest BCUT2D eigenvalue weighted by Crippen LogP contribution is 2.33. The molecule has 1 amide bonds. The maximum Gasteiger partial charge on any atom is 0.330 e. The van der Waals surface area contributed by atoms with Crippen LogP contribution < -0.4 is 16.1 Å². The molecule has 1 aliphatic rings.